The van der Waals surface area contributed by atoms with Crippen LogP contribution in [0.1, 0.15) is 52.7 Å². The molecule has 1 aromatic rings. The lowest BCUT2D eigenvalue weighted by Gasteiger charge is -2.18. The largest absolute Gasteiger partial charge is 0.367 e. The first-order valence-corrected chi connectivity index (χ1v) is 7.41. The van der Waals surface area contributed by atoms with Crippen LogP contribution in [0.4, 0.5) is 11.8 Å². The number of rotatable bonds is 8. The lowest BCUT2D eigenvalue weighted by atomic mass is 10.0. The van der Waals surface area contributed by atoms with E-state index in [2.05, 4.69) is 48.3 Å². The van der Waals surface area contributed by atoms with Gasteiger partial charge in [-0.05, 0) is 32.6 Å². The van der Waals surface area contributed by atoms with E-state index in [1.807, 2.05) is 13.0 Å². The first-order chi connectivity index (χ1) is 9.05. The highest BCUT2D eigenvalue weighted by atomic mass is 15.1. The Hall–Kier alpha value is -1.32. The Morgan fingerprint density at radius 2 is 1.95 bits per heavy atom. The quantitative estimate of drug-likeness (QED) is 0.749. The monoisotopic (exact) mass is 264 g/mol. The Balaban J connectivity index is 2.64. The van der Waals surface area contributed by atoms with E-state index >= 15 is 0 Å². The van der Waals surface area contributed by atoms with E-state index < -0.39 is 0 Å². The summed E-state index contributed by atoms with van der Waals surface area (Å²) in [4.78, 5) is 8.90. The van der Waals surface area contributed by atoms with Gasteiger partial charge in [0.25, 0.3) is 0 Å². The van der Waals surface area contributed by atoms with Gasteiger partial charge in [0.1, 0.15) is 5.82 Å². The van der Waals surface area contributed by atoms with Gasteiger partial charge in [0, 0.05) is 24.3 Å². The van der Waals surface area contributed by atoms with Crippen molar-refractivity contribution in [2.45, 2.75) is 59.9 Å². The minimum absolute atomic E-state index is 0.434. The van der Waals surface area contributed by atoms with Crippen LogP contribution >= 0.6 is 0 Å². The lowest BCUT2D eigenvalue weighted by Crippen LogP contribution is -2.19. The maximum atomic E-state index is 4.51. The molecule has 0 bridgehead atoms. The molecule has 2 atom stereocenters. The highest BCUT2D eigenvalue weighted by Gasteiger charge is 2.09. The van der Waals surface area contributed by atoms with Gasteiger partial charge in [-0.3, -0.25) is 0 Å². The van der Waals surface area contributed by atoms with Crippen LogP contribution in [0.15, 0.2) is 6.07 Å². The molecule has 108 valence electrons. The number of hydrogen-bond donors (Lipinski definition) is 2. The van der Waals surface area contributed by atoms with E-state index in [1.54, 1.807) is 0 Å². The summed E-state index contributed by atoms with van der Waals surface area (Å²) in [5, 5.41) is 6.71. The summed E-state index contributed by atoms with van der Waals surface area (Å²) in [6, 6.07) is 2.44. The average molecular weight is 264 g/mol. The molecule has 4 heteroatoms. The standard InChI is InChI=1S/C15H28N4/c1-6-8-16-15-18-13(5)10-14(19-15)17-12(4)9-11(3)7-2/h10-12H,6-9H2,1-5H3,(H2,16,17,18,19). The predicted octanol–water partition coefficient (Wildman–Crippen LogP) is 3.84. The normalized spacial score (nSPS) is 13.9. The van der Waals surface area contributed by atoms with E-state index in [1.165, 1.54) is 6.42 Å². The van der Waals surface area contributed by atoms with Crippen molar-refractivity contribution >= 4 is 11.8 Å². The third-order valence-electron chi connectivity index (χ3n) is 3.23. The molecule has 1 rings (SSSR count). The Labute approximate surface area is 117 Å². The summed E-state index contributed by atoms with van der Waals surface area (Å²) in [6.07, 6.45) is 3.46. The molecule has 0 aliphatic carbocycles. The van der Waals surface area contributed by atoms with Gasteiger partial charge >= 0.3 is 0 Å². The van der Waals surface area contributed by atoms with Gasteiger partial charge in [0.15, 0.2) is 0 Å². The SMILES string of the molecule is CCCNc1nc(C)cc(NC(C)CC(C)CC)n1. The van der Waals surface area contributed by atoms with Gasteiger partial charge in [-0.25, -0.2) is 4.98 Å². The zero-order valence-electron chi connectivity index (χ0n) is 13.0. The molecule has 0 amide bonds. The Morgan fingerprint density at radius 1 is 1.21 bits per heavy atom. The molecular weight excluding hydrogens is 236 g/mol. The number of aromatic nitrogens is 2. The summed E-state index contributed by atoms with van der Waals surface area (Å²) >= 11 is 0. The van der Waals surface area contributed by atoms with Gasteiger partial charge in [-0.15, -0.1) is 0 Å². The molecule has 19 heavy (non-hydrogen) atoms. The van der Waals surface area contributed by atoms with Crippen LogP contribution in [0.25, 0.3) is 0 Å². The van der Waals surface area contributed by atoms with Crippen molar-refractivity contribution in [1.82, 2.24) is 9.97 Å². The van der Waals surface area contributed by atoms with Crippen LogP contribution in [-0.2, 0) is 0 Å². The van der Waals surface area contributed by atoms with Crippen LogP contribution in [0.5, 0.6) is 0 Å². The molecule has 0 saturated heterocycles. The molecule has 2 unspecified atom stereocenters. The fourth-order valence-electron chi connectivity index (χ4n) is 2.04. The first-order valence-electron chi connectivity index (χ1n) is 7.41. The number of aryl methyl sites for hydroxylation is 1. The number of nitrogens with zero attached hydrogens (tertiary/aromatic N) is 2. The van der Waals surface area contributed by atoms with Gasteiger partial charge in [-0.1, -0.05) is 27.2 Å². The zero-order valence-corrected chi connectivity index (χ0v) is 13.0. The summed E-state index contributed by atoms with van der Waals surface area (Å²) in [5.41, 5.74) is 0.992. The minimum atomic E-state index is 0.434. The van der Waals surface area contributed by atoms with Gasteiger partial charge in [0.2, 0.25) is 5.95 Å². The topological polar surface area (TPSA) is 49.8 Å². The molecule has 1 heterocycles. The zero-order chi connectivity index (χ0) is 14.3. The molecule has 0 spiro atoms. The van der Waals surface area contributed by atoms with Crippen LogP contribution in [0, 0.1) is 12.8 Å². The Bertz CT molecular complexity index is 378. The van der Waals surface area contributed by atoms with Crippen LogP contribution in [0.2, 0.25) is 0 Å². The Kier molecular flexibility index (Phi) is 6.60. The van der Waals surface area contributed by atoms with Crippen LogP contribution < -0.4 is 10.6 Å². The Morgan fingerprint density at radius 3 is 2.58 bits per heavy atom. The van der Waals surface area contributed by atoms with E-state index in [-0.39, 0.29) is 0 Å². The van der Waals surface area contributed by atoms with Crippen molar-refractivity contribution in [3.63, 3.8) is 0 Å². The van der Waals surface area contributed by atoms with Gasteiger partial charge in [-0.2, -0.15) is 4.98 Å². The lowest BCUT2D eigenvalue weighted by molar-refractivity contribution is 0.483. The van der Waals surface area contributed by atoms with Crippen molar-refractivity contribution in [3.05, 3.63) is 11.8 Å². The van der Waals surface area contributed by atoms with Gasteiger partial charge < -0.3 is 10.6 Å². The van der Waals surface area contributed by atoms with E-state index in [4.69, 9.17) is 0 Å². The fourth-order valence-corrected chi connectivity index (χ4v) is 2.04. The number of hydrogen-bond acceptors (Lipinski definition) is 4. The van der Waals surface area contributed by atoms with E-state index in [9.17, 15) is 0 Å². The molecule has 0 fully saturated rings. The highest BCUT2D eigenvalue weighted by molar-refractivity contribution is 5.42. The second-order valence-corrected chi connectivity index (χ2v) is 5.44. The van der Waals surface area contributed by atoms with Crippen molar-refractivity contribution in [3.8, 4) is 0 Å². The molecule has 0 aliphatic heterocycles. The summed E-state index contributed by atoms with van der Waals surface area (Å²) in [5.74, 6) is 2.38. The van der Waals surface area contributed by atoms with Crippen molar-refractivity contribution < 1.29 is 0 Å². The summed E-state index contributed by atoms with van der Waals surface area (Å²) in [6.45, 7) is 11.8. The van der Waals surface area contributed by atoms with E-state index in [0.29, 0.717) is 6.04 Å². The maximum Gasteiger partial charge on any atom is 0.224 e. The van der Waals surface area contributed by atoms with Crippen LogP contribution in [-0.4, -0.2) is 22.6 Å². The first kappa shape index (κ1) is 15.7. The highest BCUT2D eigenvalue weighted by Crippen LogP contribution is 2.15. The number of nitrogens with one attached hydrogen (secondary N) is 2. The number of anilines is 2. The second kappa shape index (κ2) is 7.97. The predicted molar refractivity (Wildman–Crippen MR) is 82.7 cm³/mol. The van der Waals surface area contributed by atoms with Crippen molar-refractivity contribution in [2.24, 2.45) is 5.92 Å². The maximum absolute atomic E-state index is 4.51. The summed E-state index contributed by atoms with van der Waals surface area (Å²) < 4.78 is 0. The molecule has 4 nitrogen and oxygen atoms in total. The molecule has 2 N–H and O–H groups in total. The average Bonchev–Trinajstić information content (AvgIpc) is 2.35. The molecule has 0 saturated carbocycles. The van der Waals surface area contributed by atoms with Crippen molar-refractivity contribution in [1.29, 1.82) is 0 Å². The minimum Gasteiger partial charge on any atom is -0.367 e. The molecule has 0 radical (unpaired) electrons. The molecule has 1 aromatic heterocycles. The van der Waals surface area contributed by atoms with Gasteiger partial charge in [0.05, 0.1) is 0 Å². The smallest absolute Gasteiger partial charge is 0.224 e. The molecule has 0 aliphatic rings. The second-order valence-electron chi connectivity index (χ2n) is 5.44. The van der Waals surface area contributed by atoms with Crippen LogP contribution in [0.3, 0.4) is 0 Å². The third kappa shape index (κ3) is 5.90. The fraction of sp³-hybridized carbons (Fsp3) is 0.733. The van der Waals surface area contributed by atoms with Crippen molar-refractivity contribution in [2.75, 3.05) is 17.2 Å². The summed E-state index contributed by atoms with van der Waals surface area (Å²) in [7, 11) is 0. The molecule has 0 aromatic carbocycles. The third-order valence-corrected chi connectivity index (χ3v) is 3.23. The van der Waals surface area contributed by atoms with E-state index in [0.717, 1.165) is 42.8 Å². The molecular formula is C15H28N4.